The van der Waals surface area contributed by atoms with Crippen LogP contribution in [0.15, 0.2) is 28.9 Å². The highest BCUT2D eigenvalue weighted by molar-refractivity contribution is 9.10. The molecule has 1 aromatic heterocycles. The van der Waals surface area contributed by atoms with Gasteiger partial charge in [-0.05, 0) is 18.2 Å². The van der Waals surface area contributed by atoms with Crippen molar-refractivity contribution in [1.29, 1.82) is 0 Å². The lowest BCUT2D eigenvalue weighted by molar-refractivity contribution is 0.257. The molecule has 0 aliphatic carbocycles. The fourth-order valence-electron chi connectivity index (χ4n) is 1.43. The molecule has 2 aromatic rings. The highest BCUT2D eigenvalue weighted by Gasteiger charge is 2.05. The number of ether oxygens (including phenoxy) is 1. The van der Waals surface area contributed by atoms with Gasteiger partial charge in [-0.1, -0.05) is 21.1 Å². The number of benzene rings is 1. The summed E-state index contributed by atoms with van der Waals surface area (Å²) in [5, 5.41) is 16.9. The molecule has 2 rings (SSSR count). The molecule has 0 spiro atoms. The Morgan fingerprint density at radius 3 is 2.94 bits per heavy atom. The number of aliphatic hydroxyl groups is 1. The smallest absolute Gasteiger partial charge is 0.134 e. The molecule has 5 nitrogen and oxygen atoms in total. The molecule has 0 saturated carbocycles. The number of aliphatic hydroxyl groups excluding tert-OH is 1. The Balaban J connectivity index is 2.08. The maximum Gasteiger partial charge on any atom is 0.134 e. The first-order chi connectivity index (χ1) is 8.19. The van der Waals surface area contributed by atoms with Crippen LogP contribution in [0.5, 0.6) is 5.75 Å². The van der Waals surface area contributed by atoms with Gasteiger partial charge in [-0.15, -0.1) is 5.10 Å². The molecule has 0 radical (unpaired) electrons. The van der Waals surface area contributed by atoms with E-state index >= 15 is 0 Å². The van der Waals surface area contributed by atoms with Crippen LogP contribution < -0.4 is 4.74 Å². The van der Waals surface area contributed by atoms with E-state index in [9.17, 15) is 5.11 Å². The van der Waals surface area contributed by atoms with E-state index < -0.39 is 0 Å². The van der Waals surface area contributed by atoms with Crippen molar-refractivity contribution in [2.24, 2.45) is 7.05 Å². The molecular weight excluding hydrogens is 286 g/mol. The van der Waals surface area contributed by atoms with Crippen LogP contribution >= 0.6 is 15.9 Å². The predicted molar refractivity (Wildman–Crippen MR) is 65.4 cm³/mol. The summed E-state index contributed by atoms with van der Waals surface area (Å²) in [6.45, 7) is 0.276. The van der Waals surface area contributed by atoms with Crippen LogP contribution in [0.1, 0.15) is 11.3 Å². The van der Waals surface area contributed by atoms with E-state index in [0.29, 0.717) is 12.4 Å². The minimum atomic E-state index is -0.0603. The molecule has 0 unspecified atom stereocenters. The summed E-state index contributed by atoms with van der Waals surface area (Å²) in [6.07, 6.45) is 1.79. The van der Waals surface area contributed by atoms with Crippen LogP contribution in [0.2, 0.25) is 0 Å². The SMILES string of the molecule is Cn1cc(COc2ccc(Br)cc2CO)nn1. The number of rotatable bonds is 4. The van der Waals surface area contributed by atoms with Crippen LogP contribution in [0, 0.1) is 0 Å². The molecule has 17 heavy (non-hydrogen) atoms. The predicted octanol–water partition coefficient (Wildman–Crippen LogP) is 1.65. The quantitative estimate of drug-likeness (QED) is 0.932. The molecule has 6 heteroatoms. The normalized spacial score (nSPS) is 10.5. The molecule has 1 N–H and O–H groups in total. The monoisotopic (exact) mass is 297 g/mol. The second kappa shape index (κ2) is 5.29. The first kappa shape index (κ1) is 12.1. The third kappa shape index (κ3) is 3.04. The van der Waals surface area contributed by atoms with Crippen molar-refractivity contribution >= 4 is 15.9 Å². The lowest BCUT2D eigenvalue weighted by Gasteiger charge is -2.08. The summed E-state index contributed by atoms with van der Waals surface area (Å²) in [5.74, 6) is 0.654. The van der Waals surface area contributed by atoms with Gasteiger partial charge in [0, 0.05) is 17.1 Å². The Morgan fingerprint density at radius 2 is 2.29 bits per heavy atom. The van der Waals surface area contributed by atoms with Crippen LogP contribution in [0.4, 0.5) is 0 Å². The molecule has 1 heterocycles. The van der Waals surface area contributed by atoms with Crippen molar-refractivity contribution in [2.75, 3.05) is 0 Å². The molecular formula is C11H12BrN3O2. The summed E-state index contributed by atoms with van der Waals surface area (Å²) < 4.78 is 8.11. The number of aromatic nitrogens is 3. The zero-order chi connectivity index (χ0) is 12.3. The number of hydrogen-bond donors (Lipinski definition) is 1. The Hall–Kier alpha value is -1.40. The molecule has 0 bridgehead atoms. The van der Waals surface area contributed by atoms with E-state index in [-0.39, 0.29) is 6.61 Å². The number of halogens is 1. The molecule has 0 saturated heterocycles. The van der Waals surface area contributed by atoms with Gasteiger partial charge >= 0.3 is 0 Å². The van der Waals surface area contributed by atoms with Crippen LogP contribution in [0.3, 0.4) is 0 Å². The van der Waals surface area contributed by atoms with Gasteiger partial charge in [-0.3, -0.25) is 4.68 Å². The first-order valence-electron chi connectivity index (χ1n) is 5.06. The van der Waals surface area contributed by atoms with Gasteiger partial charge in [-0.2, -0.15) is 0 Å². The summed E-state index contributed by atoms with van der Waals surface area (Å²) in [5.41, 5.74) is 1.49. The first-order valence-corrected chi connectivity index (χ1v) is 5.85. The van der Waals surface area contributed by atoms with Crippen molar-refractivity contribution in [3.05, 3.63) is 40.1 Å². The van der Waals surface area contributed by atoms with Gasteiger partial charge in [-0.25, -0.2) is 0 Å². The lowest BCUT2D eigenvalue weighted by Crippen LogP contribution is -1.99. The van der Waals surface area contributed by atoms with Gasteiger partial charge in [0.2, 0.25) is 0 Å². The second-order valence-corrected chi connectivity index (χ2v) is 4.50. The van der Waals surface area contributed by atoms with Gasteiger partial charge in [0.15, 0.2) is 0 Å². The topological polar surface area (TPSA) is 60.2 Å². The van der Waals surface area contributed by atoms with Crippen molar-refractivity contribution < 1.29 is 9.84 Å². The fraction of sp³-hybridized carbons (Fsp3) is 0.273. The lowest BCUT2D eigenvalue weighted by atomic mass is 10.2. The standard InChI is InChI=1S/C11H12BrN3O2/c1-15-5-10(13-14-15)7-17-11-3-2-9(12)4-8(11)6-16/h2-5,16H,6-7H2,1H3. The van der Waals surface area contributed by atoms with Crippen molar-refractivity contribution in [3.8, 4) is 5.75 Å². The van der Waals surface area contributed by atoms with Gasteiger partial charge in [0.1, 0.15) is 18.1 Å². The zero-order valence-electron chi connectivity index (χ0n) is 9.30. The molecule has 0 fully saturated rings. The summed E-state index contributed by atoms with van der Waals surface area (Å²) >= 11 is 3.34. The van der Waals surface area contributed by atoms with E-state index in [1.165, 1.54) is 0 Å². The van der Waals surface area contributed by atoms with Gasteiger partial charge in [0.25, 0.3) is 0 Å². The largest absolute Gasteiger partial charge is 0.487 e. The van der Waals surface area contributed by atoms with E-state index in [1.54, 1.807) is 17.9 Å². The van der Waals surface area contributed by atoms with Gasteiger partial charge < -0.3 is 9.84 Å². The van der Waals surface area contributed by atoms with Crippen molar-refractivity contribution in [2.45, 2.75) is 13.2 Å². The summed E-state index contributed by atoms with van der Waals surface area (Å²) in [4.78, 5) is 0. The maximum absolute atomic E-state index is 9.21. The minimum Gasteiger partial charge on any atom is -0.487 e. The fourth-order valence-corrected chi connectivity index (χ4v) is 1.83. The zero-order valence-corrected chi connectivity index (χ0v) is 10.9. The number of hydrogen-bond acceptors (Lipinski definition) is 4. The highest BCUT2D eigenvalue weighted by atomic mass is 79.9. The minimum absolute atomic E-state index is 0.0603. The Labute approximate surface area is 107 Å². The van der Waals surface area contributed by atoms with Crippen molar-refractivity contribution in [3.63, 3.8) is 0 Å². The average Bonchev–Trinajstić information content (AvgIpc) is 2.73. The van der Waals surface area contributed by atoms with Crippen molar-refractivity contribution in [1.82, 2.24) is 15.0 Å². The third-order valence-electron chi connectivity index (χ3n) is 2.22. The van der Waals surface area contributed by atoms with E-state index in [0.717, 1.165) is 15.7 Å². The van der Waals surface area contributed by atoms with Crippen LogP contribution in [-0.4, -0.2) is 20.1 Å². The van der Waals surface area contributed by atoms with E-state index in [2.05, 4.69) is 26.2 Å². The van der Waals surface area contributed by atoms with Crippen LogP contribution in [0.25, 0.3) is 0 Å². The highest BCUT2D eigenvalue weighted by Crippen LogP contribution is 2.23. The molecule has 0 atom stereocenters. The summed E-state index contributed by atoms with van der Waals surface area (Å²) in [6, 6.07) is 5.50. The van der Waals surface area contributed by atoms with Gasteiger partial charge in [0.05, 0.1) is 12.8 Å². The third-order valence-corrected chi connectivity index (χ3v) is 2.71. The summed E-state index contributed by atoms with van der Waals surface area (Å²) in [7, 11) is 1.80. The molecule has 0 aliphatic heterocycles. The van der Waals surface area contributed by atoms with E-state index in [1.807, 2.05) is 18.2 Å². The molecule has 0 amide bonds. The van der Waals surface area contributed by atoms with Crippen LogP contribution in [-0.2, 0) is 20.3 Å². The number of aryl methyl sites for hydroxylation is 1. The molecule has 0 aliphatic rings. The molecule has 90 valence electrons. The van der Waals surface area contributed by atoms with E-state index in [4.69, 9.17) is 4.74 Å². The second-order valence-electron chi connectivity index (χ2n) is 3.58. The Kier molecular flexibility index (Phi) is 3.75. The molecule has 1 aromatic carbocycles. The maximum atomic E-state index is 9.21. The number of nitrogens with zero attached hydrogens (tertiary/aromatic N) is 3. The Morgan fingerprint density at radius 1 is 1.47 bits per heavy atom. The average molecular weight is 298 g/mol. The Bertz CT molecular complexity index is 513.